The SMILES string of the molecule is CCCC(=O)c1cc(C#N)c(N2CCC(C(=O)NS(=O)(=O)Cc3ccc(F)c(F)c3)CC2)nc1C. The monoisotopic (exact) mass is 504 g/mol. The van der Waals surface area contributed by atoms with E-state index in [4.69, 9.17) is 0 Å². The predicted octanol–water partition coefficient (Wildman–Crippen LogP) is 3.39. The Morgan fingerprint density at radius 2 is 1.89 bits per heavy atom. The van der Waals surface area contributed by atoms with Crippen LogP contribution in [0.3, 0.4) is 0 Å². The number of amides is 1. The Bertz CT molecular complexity index is 1280. The van der Waals surface area contributed by atoms with Crippen LogP contribution in [0.1, 0.15) is 59.8 Å². The van der Waals surface area contributed by atoms with Crippen LogP contribution in [0.15, 0.2) is 24.3 Å². The quantitative estimate of drug-likeness (QED) is 0.547. The molecule has 35 heavy (non-hydrogen) atoms. The van der Waals surface area contributed by atoms with Crippen molar-refractivity contribution >= 4 is 27.5 Å². The molecule has 0 radical (unpaired) electrons. The fraction of sp³-hybridized carbons (Fsp3) is 0.417. The van der Waals surface area contributed by atoms with Crippen molar-refractivity contribution in [1.82, 2.24) is 9.71 Å². The summed E-state index contributed by atoms with van der Waals surface area (Å²) in [5.41, 5.74) is 1.24. The van der Waals surface area contributed by atoms with Gasteiger partial charge >= 0.3 is 0 Å². The van der Waals surface area contributed by atoms with Crippen LogP contribution >= 0.6 is 0 Å². The minimum atomic E-state index is -4.10. The number of nitrogens with zero attached hydrogens (tertiary/aromatic N) is 3. The fourth-order valence-corrected chi connectivity index (χ4v) is 5.20. The highest BCUT2D eigenvalue weighted by atomic mass is 32.2. The van der Waals surface area contributed by atoms with Crippen molar-refractivity contribution in [2.45, 2.75) is 45.3 Å². The van der Waals surface area contributed by atoms with Crippen molar-refractivity contribution < 1.29 is 26.8 Å². The molecule has 0 spiro atoms. The highest BCUT2D eigenvalue weighted by molar-refractivity contribution is 7.89. The number of carbonyl (C=O) groups excluding carboxylic acids is 2. The number of anilines is 1. The summed E-state index contributed by atoms with van der Waals surface area (Å²) in [6, 6.07) is 6.39. The van der Waals surface area contributed by atoms with E-state index in [1.165, 1.54) is 0 Å². The van der Waals surface area contributed by atoms with Gasteiger partial charge in [-0.05, 0) is 49.9 Å². The maximum Gasteiger partial charge on any atom is 0.239 e. The van der Waals surface area contributed by atoms with Crippen molar-refractivity contribution in [3.05, 3.63) is 58.3 Å². The van der Waals surface area contributed by atoms with E-state index in [0.29, 0.717) is 55.8 Å². The number of hydrogen-bond donors (Lipinski definition) is 1. The van der Waals surface area contributed by atoms with E-state index in [9.17, 15) is 32.0 Å². The lowest BCUT2D eigenvalue weighted by Crippen LogP contribution is -2.43. The Labute approximate surface area is 203 Å². The zero-order chi connectivity index (χ0) is 25.8. The third-order valence-corrected chi connectivity index (χ3v) is 7.08. The number of nitrogens with one attached hydrogen (secondary N) is 1. The first kappa shape index (κ1) is 26.2. The lowest BCUT2D eigenvalue weighted by Gasteiger charge is -2.32. The van der Waals surface area contributed by atoms with Crippen LogP contribution in [-0.2, 0) is 20.6 Å². The lowest BCUT2D eigenvalue weighted by molar-refractivity contribution is -0.123. The van der Waals surface area contributed by atoms with Crippen molar-refractivity contribution in [2.24, 2.45) is 5.92 Å². The van der Waals surface area contributed by atoms with Gasteiger partial charge in [0, 0.05) is 31.0 Å². The number of piperidine rings is 1. The van der Waals surface area contributed by atoms with Crippen molar-refractivity contribution in [3.8, 4) is 6.07 Å². The molecule has 1 saturated heterocycles. The van der Waals surface area contributed by atoms with E-state index in [2.05, 4.69) is 11.1 Å². The number of pyridine rings is 1. The van der Waals surface area contributed by atoms with Crippen molar-refractivity contribution in [1.29, 1.82) is 5.26 Å². The Morgan fingerprint density at radius 1 is 1.20 bits per heavy atom. The Hall–Kier alpha value is -3.39. The van der Waals surface area contributed by atoms with E-state index in [1.54, 1.807) is 13.0 Å². The second-order valence-electron chi connectivity index (χ2n) is 8.51. The minimum absolute atomic E-state index is 0.0189. The summed E-state index contributed by atoms with van der Waals surface area (Å²) >= 11 is 0. The number of carbonyl (C=O) groups is 2. The summed E-state index contributed by atoms with van der Waals surface area (Å²) in [5, 5.41) is 9.59. The molecule has 3 rings (SSSR count). The average Bonchev–Trinajstić information content (AvgIpc) is 2.81. The van der Waals surface area contributed by atoms with Crippen LogP contribution in [0, 0.1) is 35.8 Å². The van der Waals surface area contributed by atoms with Crippen LogP contribution in [0.5, 0.6) is 0 Å². The van der Waals surface area contributed by atoms with E-state index < -0.39 is 39.2 Å². The van der Waals surface area contributed by atoms with E-state index in [0.717, 1.165) is 18.2 Å². The van der Waals surface area contributed by atoms with E-state index in [-0.39, 0.29) is 16.9 Å². The van der Waals surface area contributed by atoms with Gasteiger partial charge in [0.2, 0.25) is 15.9 Å². The van der Waals surface area contributed by atoms with Crippen LogP contribution in [0.2, 0.25) is 0 Å². The largest absolute Gasteiger partial charge is 0.355 e. The summed E-state index contributed by atoms with van der Waals surface area (Å²) in [6.45, 7) is 4.34. The predicted molar refractivity (Wildman–Crippen MR) is 125 cm³/mol. The third-order valence-electron chi connectivity index (χ3n) is 5.85. The molecule has 2 heterocycles. The molecule has 11 heteroatoms. The van der Waals surface area contributed by atoms with Crippen molar-refractivity contribution in [3.63, 3.8) is 0 Å². The molecule has 8 nitrogen and oxygen atoms in total. The molecular weight excluding hydrogens is 478 g/mol. The van der Waals surface area contributed by atoms with E-state index >= 15 is 0 Å². The molecule has 1 N–H and O–H groups in total. The zero-order valence-electron chi connectivity index (χ0n) is 19.5. The van der Waals surface area contributed by atoms with Crippen LogP contribution in [0.4, 0.5) is 14.6 Å². The fourth-order valence-electron chi connectivity index (χ4n) is 4.03. The summed E-state index contributed by atoms with van der Waals surface area (Å²) in [4.78, 5) is 31.2. The molecule has 1 fully saturated rings. The Balaban J connectivity index is 1.64. The highest BCUT2D eigenvalue weighted by Crippen LogP contribution is 2.27. The van der Waals surface area contributed by atoms with Crippen molar-refractivity contribution in [2.75, 3.05) is 18.0 Å². The number of hydrogen-bond acceptors (Lipinski definition) is 7. The molecule has 0 saturated carbocycles. The van der Waals surface area contributed by atoms with E-state index in [1.807, 2.05) is 16.5 Å². The summed E-state index contributed by atoms with van der Waals surface area (Å²) in [6.07, 6.45) is 1.71. The first-order valence-electron chi connectivity index (χ1n) is 11.2. The van der Waals surface area contributed by atoms with Gasteiger partial charge in [-0.2, -0.15) is 5.26 Å². The van der Waals surface area contributed by atoms with Gasteiger partial charge in [-0.3, -0.25) is 14.3 Å². The molecule has 186 valence electrons. The number of nitriles is 1. The number of halogens is 2. The van der Waals surface area contributed by atoms with Gasteiger partial charge < -0.3 is 4.90 Å². The maximum absolute atomic E-state index is 13.4. The molecule has 0 bridgehead atoms. The first-order chi connectivity index (χ1) is 16.5. The first-order valence-corrected chi connectivity index (χ1v) is 12.9. The highest BCUT2D eigenvalue weighted by Gasteiger charge is 2.30. The number of Topliss-reactive ketones (excluding diaryl/α,β-unsaturated/α-hetero) is 1. The molecule has 0 atom stereocenters. The Morgan fingerprint density at radius 3 is 2.49 bits per heavy atom. The standard InChI is InChI=1S/C24H26F2N4O4S/c1-3-4-22(31)19-12-18(13-27)23(28-15(19)2)30-9-7-17(8-10-30)24(32)29-35(33,34)14-16-5-6-20(25)21(26)11-16/h5-6,11-12,17H,3-4,7-10,14H2,1-2H3,(H,29,32). The smallest absolute Gasteiger partial charge is 0.239 e. The molecule has 1 aliphatic rings. The topological polar surface area (TPSA) is 120 Å². The normalized spacial score (nSPS) is 14.4. The number of aryl methyl sites for hydroxylation is 1. The Kier molecular flexibility index (Phi) is 8.17. The number of sulfonamides is 1. The molecule has 1 aromatic carbocycles. The molecular formula is C24H26F2N4O4S. The molecule has 2 aromatic rings. The summed E-state index contributed by atoms with van der Waals surface area (Å²) in [7, 11) is -4.10. The maximum atomic E-state index is 13.4. The molecule has 1 aliphatic heterocycles. The molecule has 0 unspecified atom stereocenters. The molecule has 1 amide bonds. The van der Waals surface area contributed by atoms with Crippen LogP contribution < -0.4 is 9.62 Å². The van der Waals surface area contributed by atoms with Gasteiger partial charge in [-0.15, -0.1) is 0 Å². The number of ketones is 1. The van der Waals surface area contributed by atoms with Gasteiger partial charge in [0.25, 0.3) is 0 Å². The molecule has 0 aliphatic carbocycles. The third kappa shape index (κ3) is 6.39. The summed E-state index contributed by atoms with van der Waals surface area (Å²) < 4.78 is 53.1. The number of aromatic nitrogens is 1. The van der Waals surface area contributed by atoms with Gasteiger partial charge in [0.1, 0.15) is 11.9 Å². The second kappa shape index (κ2) is 10.9. The number of rotatable bonds is 8. The lowest BCUT2D eigenvalue weighted by atomic mass is 9.95. The second-order valence-corrected chi connectivity index (χ2v) is 10.2. The average molecular weight is 505 g/mol. The van der Waals surface area contributed by atoms with Gasteiger partial charge in [0.05, 0.1) is 17.0 Å². The summed E-state index contributed by atoms with van der Waals surface area (Å²) in [5.74, 6) is -3.80. The van der Waals surface area contributed by atoms with Gasteiger partial charge in [-0.1, -0.05) is 13.0 Å². The van der Waals surface area contributed by atoms with Gasteiger partial charge in [-0.25, -0.2) is 22.2 Å². The van der Waals surface area contributed by atoms with Crippen LogP contribution in [0.25, 0.3) is 0 Å². The van der Waals surface area contributed by atoms with Crippen LogP contribution in [-0.4, -0.2) is 38.2 Å². The minimum Gasteiger partial charge on any atom is -0.355 e. The zero-order valence-corrected chi connectivity index (χ0v) is 20.3. The number of benzene rings is 1. The molecule has 1 aromatic heterocycles. The van der Waals surface area contributed by atoms with Gasteiger partial charge in [0.15, 0.2) is 17.4 Å².